The lowest BCUT2D eigenvalue weighted by atomic mass is 9.68. The minimum absolute atomic E-state index is 0.458. The number of unbranched alkanes of at least 4 members (excludes halogenated alkanes) is 3. The fourth-order valence-corrected chi connectivity index (χ4v) is 6.76. The molecular weight excluding hydrogens is 492 g/mol. The smallest absolute Gasteiger partial charge is 0.206 e. The molecule has 33 heavy (non-hydrogen) atoms. The first kappa shape index (κ1) is 27.0. The van der Waals surface area contributed by atoms with Gasteiger partial charge in [-0.2, -0.15) is 8.78 Å². The van der Waals surface area contributed by atoms with Crippen molar-refractivity contribution >= 4 is 15.9 Å². The average molecular weight is 534 g/mol. The van der Waals surface area contributed by atoms with Gasteiger partial charge in [-0.1, -0.05) is 71.1 Å². The van der Waals surface area contributed by atoms with Gasteiger partial charge in [0.15, 0.2) is 0 Å². The number of rotatable bonds is 11. The van der Waals surface area contributed by atoms with E-state index in [0.717, 1.165) is 48.6 Å². The molecule has 0 nitrogen and oxygen atoms in total. The molecule has 188 valence electrons. The van der Waals surface area contributed by atoms with Gasteiger partial charge in [0.2, 0.25) is 0 Å². The Morgan fingerprint density at radius 3 is 1.64 bits per heavy atom. The number of hydrogen-bond acceptors (Lipinski definition) is 0. The third-order valence-electron chi connectivity index (χ3n) is 8.38. The van der Waals surface area contributed by atoms with E-state index in [-0.39, 0.29) is 0 Å². The van der Waals surface area contributed by atoms with Crippen LogP contribution in [0.1, 0.15) is 114 Å². The monoisotopic (exact) mass is 532 g/mol. The van der Waals surface area contributed by atoms with Crippen molar-refractivity contribution in [1.82, 2.24) is 0 Å². The molecule has 1 aromatic carbocycles. The first-order chi connectivity index (χ1) is 15.8. The van der Waals surface area contributed by atoms with Crippen LogP contribution in [0.5, 0.6) is 0 Å². The maximum Gasteiger partial charge on any atom is 0.332 e. The Morgan fingerprint density at radius 1 is 0.758 bits per heavy atom. The highest BCUT2D eigenvalue weighted by molar-refractivity contribution is 9.09. The van der Waals surface area contributed by atoms with Crippen LogP contribution in [0, 0.1) is 35.3 Å². The zero-order valence-electron chi connectivity index (χ0n) is 20.2. The Morgan fingerprint density at radius 2 is 1.21 bits per heavy atom. The minimum Gasteiger partial charge on any atom is -0.206 e. The highest BCUT2D eigenvalue weighted by Crippen LogP contribution is 2.43. The van der Waals surface area contributed by atoms with Gasteiger partial charge in [-0.25, -0.2) is 8.78 Å². The van der Waals surface area contributed by atoms with Crippen molar-refractivity contribution in [3.8, 4) is 0 Å². The van der Waals surface area contributed by atoms with Crippen LogP contribution in [0.3, 0.4) is 0 Å². The van der Waals surface area contributed by atoms with Crippen molar-refractivity contribution in [2.45, 2.75) is 114 Å². The Kier molecular flexibility index (Phi) is 10.6. The normalized spacial score (nSPS) is 26.5. The van der Waals surface area contributed by atoms with Crippen molar-refractivity contribution in [2.24, 2.45) is 23.7 Å². The van der Waals surface area contributed by atoms with Gasteiger partial charge in [0, 0.05) is 0 Å². The third kappa shape index (κ3) is 8.25. The molecule has 2 saturated carbocycles. The molecule has 0 bridgehead atoms. The second-order valence-electron chi connectivity index (χ2n) is 10.7. The van der Waals surface area contributed by atoms with E-state index in [0.29, 0.717) is 12.0 Å². The van der Waals surface area contributed by atoms with Crippen LogP contribution in [0.2, 0.25) is 0 Å². The van der Waals surface area contributed by atoms with Crippen molar-refractivity contribution in [3.63, 3.8) is 0 Å². The molecule has 0 N–H and O–H groups in total. The summed E-state index contributed by atoms with van der Waals surface area (Å²) in [4.78, 5) is -3.69. The maximum atomic E-state index is 13.9. The van der Waals surface area contributed by atoms with Crippen LogP contribution < -0.4 is 0 Å². The molecule has 1 aromatic rings. The molecular formula is C28H41BrF4. The highest BCUT2D eigenvalue weighted by Gasteiger charge is 2.35. The molecule has 0 aliphatic heterocycles. The zero-order chi connectivity index (χ0) is 23.8. The zero-order valence-corrected chi connectivity index (χ0v) is 21.8. The number of benzene rings is 1. The quantitative estimate of drug-likeness (QED) is 0.151. The van der Waals surface area contributed by atoms with E-state index in [1.165, 1.54) is 83.5 Å². The molecule has 0 heterocycles. The number of halogens is 5. The van der Waals surface area contributed by atoms with Gasteiger partial charge >= 0.3 is 4.83 Å². The largest absolute Gasteiger partial charge is 0.332 e. The fourth-order valence-electron chi connectivity index (χ4n) is 6.38. The molecule has 0 saturated heterocycles. The number of hydrogen-bond donors (Lipinski definition) is 0. The standard InChI is InChI=1S/C28H41BrF4/c1-2-3-4-7-20-10-14-23(15-11-20)24-16-12-21(13-17-24)8-5-6-9-22-18-25(30)27(26(31)19-22)28(29,32)33/h18-21,23-24H,2-17H2,1H3. The van der Waals surface area contributed by atoms with Gasteiger partial charge in [0.1, 0.15) is 17.2 Å². The van der Waals surface area contributed by atoms with Crippen LogP contribution >= 0.6 is 15.9 Å². The third-order valence-corrected chi connectivity index (χ3v) is 8.78. The van der Waals surface area contributed by atoms with E-state index in [1.54, 1.807) is 0 Å². The number of aryl methyl sites for hydroxylation is 1. The lowest BCUT2D eigenvalue weighted by Gasteiger charge is -2.38. The van der Waals surface area contributed by atoms with E-state index in [9.17, 15) is 17.6 Å². The SMILES string of the molecule is CCCCCC1CCC(C2CCC(CCCCc3cc(F)c(C(F)(F)Br)c(F)c3)CC2)CC1. The molecule has 3 rings (SSSR count). The summed E-state index contributed by atoms with van der Waals surface area (Å²) in [6.07, 6.45) is 20.3. The van der Waals surface area contributed by atoms with Gasteiger partial charge in [0.05, 0.1) is 0 Å². The molecule has 2 aliphatic carbocycles. The summed E-state index contributed by atoms with van der Waals surface area (Å²) in [5, 5.41) is 0. The summed E-state index contributed by atoms with van der Waals surface area (Å²) in [6, 6.07) is 2.11. The van der Waals surface area contributed by atoms with Crippen molar-refractivity contribution in [1.29, 1.82) is 0 Å². The molecule has 5 heteroatoms. The van der Waals surface area contributed by atoms with E-state index >= 15 is 0 Å². The lowest BCUT2D eigenvalue weighted by molar-refractivity contribution is 0.105. The maximum absolute atomic E-state index is 13.9. The van der Waals surface area contributed by atoms with Crippen molar-refractivity contribution in [2.75, 3.05) is 0 Å². The molecule has 0 atom stereocenters. The van der Waals surface area contributed by atoms with Crippen LogP contribution in [-0.2, 0) is 11.3 Å². The van der Waals surface area contributed by atoms with Gasteiger partial charge in [-0.3, -0.25) is 0 Å². The fraction of sp³-hybridized carbons (Fsp3) is 0.786. The summed E-state index contributed by atoms with van der Waals surface area (Å²) in [7, 11) is 0. The van der Waals surface area contributed by atoms with Crippen molar-refractivity contribution in [3.05, 3.63) is 34.9 Å². The molecule has 2 fully saturated rings. The Hall–Kier alpha value is -0.580. The van der Waals surface area contributed by atoms with Crippen LogP contribution in [0.25, 0.3) is 0 Å². The van der Waals surface area contributed by atoms with Crippen LogP contribution in [0.4, 0.5) is 17.6 Å². The van der Waals surface area contributed by atoms with Crippen LogP contribution in [0.15, 0.2) is 12.1 Å². The van der Waals surface area contributed by atoms with Gasteiger partial charge < -0.3 is 0 Å². The van der Waals surface area contributed by atoms with Crippen LogP contribution in [-0.4, -0.2) is 0 Å². The predicted molar refractivity (Wildman–Crippen MR) is 132 cm³/mol. The predicted octanol–water partition coefficient (Wildman–Crippen LogP) is 10.3. The van der Waals surface area contributed by atoms with Gasteiger partial charge in [-0.15, -0.1) is 0 Å². The Labute approximate surface area is 206 Å². The van der Waals surface area contributed by atoms with E-state index in [4.69, 9.17) is 0 Å². The topological polar surface area (TPSA) is 0 Å². The molecule has 0 radical (unpaired) electrons. The second-order valence-corrected chi connectivity index (χ2v) is 11.7. The minimum atomic E-state index is -3.69. The summed E-state index contributed by atoms with van der Waals surface area (Å²) in [5.41, 5.74) is -0.743. The summed E-state index contributed by atoms with van der Waals surface area (Å²) >= 11 is 2.05. The van der Waals surface area contributed by atoms with E-state index < -0.39 is 22.0 Å². The molecule has 0 unspecified atom stereocenters. The molecule has 2 aliphatic rings. The lowest BCUT2D eigenvalue weighted by Crippen LogP contribution is -2.25. The second kappa shape index (κ2) is 12.9. The molecule has 0 spiro atoms. The first-order valence-corrected chi connectivity index (χ1v) is 14.1. The Balaban J connectivity index is 1.32. The summed E-state index contributed by atoms with van der Waals surface area (Å²) in [6.45, 7) is 2.28. The van der Waals surface area contributed by atoms with Gasteiger partial charge in [-0.05, 0) is 95.8 Å². The summed E-state index contributed by atoms with van der Waals surface area (Å²) in [5.74, 6) is 1.27. The van der Waals surface area contributed by atoms with Crippen molar-refractivity contribution < 1.29 is 17.6 Å². The summed E-state index contributed by atoms with van der Waals surface area (Å²) < 4.78 is 54.4. The van der Waals surface area contributed by atoms with E-state index in [2.05, 4.69) is 22.9 Å². The highest BCUT2D eigenvalue weighted by atomic mass is 79.9. The Bertz CT molecular complexity index is 690. The van der Waals surface area contributed by atoms with Gasteiger partial charge in [0.25, 0.3) is 0 Å². The molecule has 0 amide bonds. The number of alkyl halides is 3. The van der Waals surface area contributed by atoms with E-state index in [1.807, 2.05) is 0 Å². The molecule has 0 aromatic heterocycles. The average Bonchev–Trinajstić information content (AvgIpc) is 2.76. The first-order valence-electron chi connectivity index (χ1n) is 13.3.